The molecule has 1 fully saturated rings. The number of nitrogens with one attached hydrogen (secondary N) is 1. The summed E-state index contributed by atoms with van der Waals surface area (Å²) in [7, 11) is 0. The summed E-state index contributed by atoms with van der Waals surface area (Å²) in [5.74, 6) is 0.214. The van der Waals surface area contributed by atoms with Crippen molar-refractivity contribution >= 4 is 17.5 Å². The Morgan fingerprint density at radius 2 is 2.20 bits per heavy atom. The number of oxime groups is 1. The fraction of sp³-hybridized carbons (Fsp3) is 0.526. The number of hydrogen-bond acceptors (Lipinski definition) is 4. The molecule has 1 N–H and O–H groups in total. The molecule has 1 aromatic rings. The fourth-order valence-electron chi connectivity index (χ4n) is 3.24. The van der Waals surface area contributed by atoms with E-state index in [2.05, 4.69) is 10.5 Å². The molecule has 0 unspecified atom stereocenters. The van der Waals surface area contributed by atoms with E-state index in [1.165, 1.54) is 0 Å². The smallest absolute Gasteiger partial charge is 0.269 e. The molecule has 0 aromatic heterocycles. The van der Waals surface area contributed by atoms with Crippen molar-refractivity contribution in [2.45, 2.75) is 39.2 Å². The molecular weight excluding hydrogens is 318 g/mol. The van der Waals surface area contributed by atoms with Gasteiger partial charge in [-0.2, -0.15) is 0 Å². The molecule has 6 nitrogen and oxygen atoms in total. The summed E-state index contributed by atoms with van der Waals surface area (Å²) in [4.78, 5) is 32.3. The zero-order chi connectivity index (χ0) is 18.0. The zero-order valence-corrected chi connectivity index (χ0v) is 15.0. The van der Waals surface area contributed by atoms with Crippen LogP contribution in [0.5, 0.6) is 0 Å². The lowest BCUT2D eigenvalue weighted by atomic mass is 9.96. The molecule has 0 bridgehead atoms. The minimum absolute atomic E-state index is 0.00174. The lowest BCUT2D eigenvalue weighted by molar-refractivity contribution is -0.115. The van der Waals surface area contributed by atoms with Crippen LogP contribution in [-0.2, 0) is 9.63 Å². The Balaban J connectivity index is 1.60. The third-order valence-electron chi connectivity index (χ3n) is 4.64. The van der Waals surface area contributed by atoms with Crippen LogP contribution in [0.25, 0.3) is 0 Å². The van der Waals surface area contributed by atoms with Crippen LogP contribution in [0.2, 0.25) is 0 Å². The van der Waals surface area contributed by atoms with E-state index in [0.717, 1.165) is 5.56 Å². The minimum Gasteiger partial charge on any atom is -0.386 e. The van der Waals surface area contributed by atoms with Gasteiger partial charge < -0.3 is 15.1 Å². The van der Waals surface area contributed by atoms with Gasteiger partial charge in [-0.25, -0.2) is 0 Å². The number of carbonyl (C=O) groups excluding carboxylic acids is 2. The lowest BCUT2D eigenvalue weighted by Crippen LogP contribution is -2.39. The van der Waals surface area contributed by atoms with E-state index in [4.69, 9.17) is 4.84 Å². The molecule has 1 aromatic carbocycles. The number of benzene rings is 1. The van der Waals surface area contributed by atoms with E-state index in [9.17, 15) is 9.59 Å². The predicted molar refractivity (Wildman–Crippen MR) is 95.4 cm³/mol. The molecule has 134 valence electrons. The summed E-state index contributed by atoms with van der Waals surface area (Å²) in [6, 6.07) is 7.58. The predicted octanol–water partition coefficient (Wildman–Crippen LogP) is 2.13. The summed E-state index contributed by atoms with van der Waals surface area (Å²) in [6.07, 6.45) is 1.14. The molecule has 1 atom stereocenters. The number of hydrogen-bond donors (Lipinski definition) is 1. The number of nitrogens with zero attached hydrogens (tertiary/aromatic N) is 2. The normalized spacial score (nSPS) is 22.2. The van der Waals surface area contributed by atoms with Gasteiger partial charge in [-0.3, -0.25) is 9.59 Å². The molecule has 6 heteroatoms. The van der Waals surface area contributed by atoms with Gasteiger partial charge in [0.1, 0.15) is 5.71 Å². The number of carbonyl (C=O) groups is 2. The Kier molecular flexibility index (Phi) is 4.79. The molecule has 1 saturated heterocycles. The molecule has 0 aliphatic carbocycles. The van der Waals surface area contributed by atoms with Gasteiger partial charge >= 0.3 is 0 Å². The van der Waals surface area contributed by atoms with Crippen LogP contribution in [0.1, 0.15) is 42.6 Å². The van der Waals surface area contributed by atoms with Gasteiger partial charge in [0.2, 0.25) is 0 Å². The third kappa shape index (κ3) is 3.83. The maximum absolute atomic E-state index is 12.7. The quantitative estimate of drug-likeness (QED) is 0.910. The molecule has 0 saturated carbocycles. The average Bonchev–Trinajstić information content (AvgIpc) is 3.19. The first-order valence-electron chi connectivity index (χ1n) is 8.78. The van der Waals surface area contributed by atoms with Crippen molar-refractivity contribution in [1.29, 1.82) is 0 Å². The van der Waals surface area contributed by atoms with Gasteiger partial charge in [0, 0.05) is 31.5 Å². The van der Waals surface area contributed by atoms with Crippen LogP contribution in [0, 0.1) is 12.8 Å². The van der Waals surface area contributed by atoms with Crippen LogP contribution in [0.3, 0.4) is 0 Å². The maximum atomic E-state index is 12.7. The van der Waals surface area contributed by atoms with Gasteiger partial charge in [-0.05, 0) is 25.0 Å². The highest BCUT2D eigenvalue weighted by Gasteiger charge is 2.47. The molecule has 1 spiro atoms. The zero-order valence-electron chi connectivity index (χ0n) is 15.0. The van der Waals surface area contributed by atoms with Crippen molar-refractivity contribution < 1.29 is 14.4 Å². The SMILES string of the molecule is Cc1cccc(C(=O)N2CC[C@@]3(CC(C(=O)NCC(C)C)=NO3)C2)c1. The third-order valence-corrected chi connectivity index (χ3v) is 4.64. The topological polar surface area (TPSA) is 71.0 Å². The number of amides is 2. The van der Waals surface area contributed by atoms with Crippen LogP contribution in [-0.4, -0.2) is 47.7 Å². The van der Waals surface area contributed by atoms with E-state index in [-0.39, 0.29) is 11.8 Å². The van der Waals surface area contributed by atoms with Crippen molar-refractivity contribution in [2.24, 2.45) is 11.1 Å². The molecular formula is C19H25N3O3. The van der Waals surface area contributed by atoms with E-state index in [0.29, 0.717) is 49.7 Å². The maximum Gasteiger partial charge on any atom is 0.269 e. The molecule has 2 amide bonds. The van der Waals surface area contributed by atoms with E-state index in [1.54, 1.807) is 4.90 Å². The van der Waals surface area contributed by atoms with Crippen LogP contribution in [0.15, 0.2) is 29.4 Å². The van der Waals surface area contributed by atoms with E-state index >= 15 is 0 Å². The van der Waals surface area contributed by atoms with Crippen molar-refractivity contribution in [2.75, 3.05) is 19.6 Å². The van der Waals surface area contributed by atoms with Gasteiger partial charge in [0.05, 0.1) is 6.54 Å². The lowest BCUT2D eigenvalue weighted by Gasteiger charge is -2.21. The summed E-state index contributed by atoms with van der Waals surface area (Å²) in [6.45, 7) is 7.75. The summed E-state index contributed by atoms with van der Waals surface area (Å²) < 4.78 is 0. The van der Waals surface area contributed by atoms with Gasteiger partial charge in [-0.15, -0.1) is 0 Å². The second kappa shape index (κ2) is 6.86. The van der Waals surface area contributed by atoms with Gasteiger partial charge in [-0.1, -0.05) is 36.7 Å². The first-order valence-corrected chi connectivity index (χ1v) is 8.78. The monoisotopic (exact) mass is 343 g/mol. The first-order chi connectivity index (χ1) is 11.9. The Bertz CT molecular complexity index is 714. The number of likely N-dealkylation sites (tertiary alicyclic amines) is 1. The molecule has 2 aliphatic heterocycles. The van der Waals surface area contributed by atoms with Crippen molar-refractivity contribution in [3.05, 3.63) is 35.4 Å². The van der Waals surface area contributed by atoms with Gasteiger partial charge in [0.15, 0.2) is 5.60 Å². The number of rotatable bonds is 4. The Morgan fingerprint density at radius 3 is 2.92 bits per heavy atom. The summed E-state index contributed by atoms with van der Waals surface area (Å²) in [5.41, 5.74) is 1.62. The highest BCUT2D eigenvalue weighted by atomic mass is 16.7. The molecule has 3 rings (SSSR count). The standard InChI is InChI=1S/C19H25N3O3/c1-13(2)11-20-17(23)16-10-19(25-21-16)7-8-22(12-19)18(24)15-6-4-5-14(3)9-15/h4-6,9,13H,7-8,10-12H2,1-3H3,(H,20,23)/t19-/m1/s1. The highest BCUT2D eigenvalue weighted by Crippen LogP contribution is 2.34. The van der Waals surface area contributed by atoms with Crippen molar-refractivity contribution in [1.82, 2.24) is 10.2 Å². The van der Waals surface area contributed by atoms with E-state index < -0.39 is 5.60 Å². The minimum atomic E-state index is -0.552. The average molecular weight is 343 g/mol. The molecule has 2 heterocycles. The Labute approximate surface area is 148 Å². The first kappa shape index (κ1) is 17.5. The second-order valence-corrected chi connectivity index (χ2v) is 7.44. The Morgan fingerprint density at radius 1 is 1.40 bits per heavy atom. The highest BCUT2D eigenvalue weighted by molar-refractivity contribution is 6.39. The Hall–Kier alpha value is -2.37. The van der Waals surface area contributed by atoms with E-state index in [1.807, 2.05) is 45.0 Å². The number of aryl methyl sites for hydroxylation is 1. The second-order valence-electron chi connectivity index (χ2n) is 7.44. The molecule has 0 radical (unpaired) electrons. The fourth-order valence-corrected chi connectivity index (χ4v) is 3.24. The molecule has 2 aliphatic rings. The van der Waals surface area contributed by atoms with Crippen LogP contribution < -0.4 is 5.32 Å². The molecule has 25 heavy (non-hydrogen) atoms. The van der Waals surface area contributed by atoms with Crippen molar-refractivity contribution in [3.63, 3.8) is 0 Å². The van der Waals surface area contributed by atoms with Crippen LogP contribution >= 0.6 is 0 Å². The van der Waals surface area contributed by atoms with Crippen molar-refractivity contribution in [3.8, 4) is 0 Å². The van der Waals surface area contributed by atoms with Gasteiger partial charge in [0.25, 0.3) is 11.8 Å². The largest absolute Gasteiger partial charge is 0.386 e. The summed E-state index contributed by atoms with van der Waals surface area (Å²) >= 11 is 0. The summed E-state index contributed by atoms with van der Waals surface area (Å²) in [5, 5.41) is 6.86. The van der Waals surface area contributed by atoms with Crippen LogP contribution in [0.4, 0.5) is 0 Å².